The van der Waals surface area contributed by atoms with Crippen LogP contribution in [0.3, 0.4) is 0 Å². The molecule has 0 aromatic heterocycles. The van der Waals surface area contributed by atoms with E-state index in [4.69, 9.17) is 0 Å². The van der Waals surface area contributed by atoms with Crippen molar-refractivity contribution in [2.45, 2.75) is 45.2 Å². The second kappa shape index (κ2) is 6.82. The quantitative estimate of drug-likeness (QED) is 0.875. The van der Waals surface area contributed by atoms with Crippen molar-refractivity contribution in [2.24, 2.45) is 17.8 Å². The van der Waals surface area contributed by atoms with Gasteiger partial charge in [-0.2, -0.15) is 0 Å². The maximum Gasteiger partial charge on any atom is 0.220 e. The molecule has 120 valence electrons. The van der Waals surface area contributed by atoms with E-state index in [0.717, 1.165) is 24.8 Å². The molecule has 2 bridgehead atoms. The highest BCUT2D eigenvalue weighted by Crippen LogP contribution is 2.49. The Bertz CT molecular complexity index is 526. The van der Waals surface area contributed by atoms with Crippen molar-refractivity contribution in [3.05, 3.63) is 35.4 Å². The van der Waals surface area contributed by atoms with Gasteiger partial charge in [0.15, 0.2) is 0 Å². The first-order valence-corrected chi connectivity index (χ1v) is 8.60. The van der Waals surface area contributed by atoms with Crippen molar-refractivity contribution in [2.75, 3.05) is 14.1 Å². The molecule has 1 aromatic carbocycles. The zero-order chi connectivity index (χ0) is 15.5. The van der Waals surface area contributed by atoms with Crippen LogP contribution in [-0.2, 0) is 17.9 Å². The molecule has 2 aliphatic rings. The summed E-state index contributed by atoms with van der Waals surface area (Å²) in [6.07, 6.45) is 6.16. The van der Waals surface area contributed by atoms with Gasteiger partial charge in [0.1, 0.15) is 0 Å². The van der Waals surface area contributed by atoms with Crippen LogP contribution >= 0.6 is 0 Å². The summed E-state index contributed by atoms with van der Waals surface area (Å²) in [4.78, 5) is 14.4. The van der Waals surface area contributed by atoms with Crippen molar-refractivity contribution in [1.82, 2.24) is 10.2 Å². The lowest BCUT2D eigenvalue weighted by Gasteiger charge is -2.21. The summed E-state index contributed by atoms with van der Waals surface area (Å²) >= 11 is 0. The molecule has 2 aliphatic carbocycles. The molecule has 2 saturated carbocycles. The first-order chi connectivity index (χ1) is 10.6. The number of hydrogen-bond acceptors (Lipinski definition) is 2. The number of carbonyl (C=O) groups is 1. The molecule has 3 unspecified atom stereocenters. The Hall–Kier alpha value is -1.35. The number of hydrogen-bond donors (Lipinski definition) is 1. The first kappa shape index (κ1) is 15.5. The van der Waals surface area contributed by atoms with Crippen molar-refractivity contribution in [3.63, 3.8) is 0 Å². The Morgan fingerprint density at radius 2 is 1.95 bits per heavy atom. The van der Waals surface area contributed by atoms with Gasteiger partial charge in [-0.15, -0.1) is 0 Å². The molecule has 3 nitrogen and oxygen atoms in total. The minimum atomic E-state index is 0.234. The Morgan fingerprint density at radius 3 is 2.59 bits per heavy atom. The minimum Gasteiger partial charge on any atom is -0.352 e. The van der Waals surface area contributed by atoms with Crippen LogP contribution in [0.1, 0.15) is 43.2 Å². The average molecular weight is 300 g/mol. The normalized spacial score (nSPS) is 26.6. The lowest BCUT2D eigenvalue weighted by atomic mass is 9.86. The summed E-state index contributed by atoms with van der Waals surface area (Å²) in [6, 6.07) is 8.39. The van der Waals surface area contributed by atoms with Gasteiger partial charge in [-0.05, 0) is 62.2 Å². The largest absolute Gasteiger partial charge is 0.352 e. The lowest BCUT2D eigenvalue weighted by molar-refractivity contribution is -0.122. The maximum atomic E-state index is 12.3. The fourth-order valence-electron chi connectivity index (χ4n) is 4.36. The van der Waals surface area contributed by atoms with Crippen LogP contribution in [0.5, 0.6) is 0 Å². The third-order valence-corrected chi connectivity index (χ3v) is 5.41. The average Bonchev–Trinajstić information content (AvgIpc) is 3.08. The van der Waals surface area contributed by atoms with Crippen molar-refractivity contribution >= 4 is 5.91 Å². The number of nitrogens with zero attached hydrogens (tertiary/aromatic N) is 1. The van der Waals surface area contributed by atoms with Crippen LogP contribution in [0.4, 0.5) is 0 Å². The number of nitrogens with one attached hydrogen (secondary N) is 1. The van der Waals surface area contributed by atoms with E-state index in [-0.39, 0.29) is 5.91 Å². The van der Waals surface area contributed by atoms with Gasteiger partial charge >= 0.3 is 0 Å². The predicted molar refractivity (Wildman–Crippen MR) is 89.2 cm³/mol. The zero-order valence-corrected chi connectivity index (χ0v) is 13.8. The Kier molecular flexibility index (Phi) is 4.82. The van der Waals surface area contributed by atoms with E-state index in [2.05, 4.69) is 48.6 Å². The van der Waals surface area contributed by atoms with Crippen molar-refractivity contribution in [3.8, 4) is 0 Å². The van der Waals surface area contributed by atoms with Crippen LogP contribution in [0.25, 0.3) is 0 Å². The molecule has 1 aromatic rings. The molecule has 0 heterocycles. The molecule has 3 heteroatoms. The monoisotopic (exact) mass is 300 g/mol. The number of carbonyl (C=O) groups excluding carboxylic acids is 1. The summed E-state index contributed by atoms with van der Waals surface area (Å²) < 4.78 is 0. The SMILES string of the molecule is CN(C)Cc1ccccc1CNC(=O)CC1CC2CCC1C2. The molecule has 3 atom stereocenters. The van der Waals surface area contributed by atoms with Crippen LogP contribution in [0.2, 0.25) is 0 Å². The summed E-state index contributed by atoms with van der Waals surface area (Å²) in [7, 11) is 4.15. The van der Waals surface area contributed by atoms with Crippen LogP contribution in [0, 0.1) is 17.8 Å². The van der Waals surface area contributed by atoms with E-state index in [1.54, 1.807) is 0 Å². The molecule has 1 N–H and O–H groups in total. The molecular formula is C19H28N2O. The van der Waals surface area contributed by atoms with Gasteiger partial charge in [0, 0.05) is 19.5 Å². The molecule has 22 heavy (non-hydrogen) atoms. The highest BCUT2D eigenvalue weighted by molar-refractivity contribution is 5.76. The van der Waals surface area contributed by atoms with Gasteiger partial charge in [-0.3, -0.25) is 4.79 Å². The van der Waals surface area contributed by atoms with Crippen molar-refractivity contribution in [1.29, 1.82) is 0 Å². The molecular weight excluding hydrogens is 272 g/mol. The molecule has 0 radical (unpaired) electrons. The standard InChI is InChI=1S/C19H28N2O/c1-21(2)13-17-6-4-3-5-16(17)12-20-19(22)11-18-10-14-7-8-15(18)9-14/h3-6,14-15,18H,7-13H2,1-2H3,(H,20,22). The summed E-state index contributed by atoms with van der Waals surface area (Å²) in [5.74, 6) is 2.63. The van der Waals surface area contributed by atoms with Crippen LogP contribution in [0.15, 0.2) is 24.3 Å². The summed E-state index contributed by atoms with van der Waals surface area (Å²) in [5.41, 5.74) is 2.53. The van der Waals surface area contributed by atoms with Gasteiger partial charge in [-0.25, -0.2) is 0 Å². The molecule has 0 aliphatic heterocycles. The minimum absolute atomic E-state index is 0.234. The van der Waals surface area contributed by atoms with E-state index in [0.29, 0.717) is 12.5 Å². The van der Waals surface area contributed by atoms with E-state index in [1.165, 1.54) is 36.8 Å². The molecule has 2 fully saturated rings. The lowest BCUT2D eigenvalue weighted by Crippen LogP contribution is -2.27. The second-order valence-electron chi connectivity index (χ2n) is 7.42. The Balaban J connectivity index is 1.51. The highest BCUT2D eigenvalue weighted by atomic mass is 16.1. The smallest absolute Gasteiger partial charge is 0.220 e. The topological polar surface area (TPSA) is 32.3 Å². The third kappa shape index (κ3) is 3.70. The predicted octanol–water partition coefficient (Wildman–Crippen LogP) is 3.19. The second-order valence-corrected chi connectivity index (χ2v) is 7.42. The van der Waals surface area contributed by atoms with Gasteiger partial charge in [0.25, 0.3) is 0 Å². The highest BCUT2D eigenvalue weighted by Gasteiger charge is 2.39. The number of rotatable bonds is 6. The third-order valence-electron chi connectivity index (χ3n) is 5.41. The number of fused-ring (bicyclic) bond motifs is 2. The van der Waals surface area contributed by atoms with Gasteiger partial charge in [0.05, 0.1) is 0 Å². The maximum absolute atomic E-state index is 12.3. The van der Waals surface area contributed by atoms with E-state index in [9.17, 15) is 4.79 Å². The van der Waals surface area contributed by atoms with E-state index in [1.807, 2.05) is 0 Å². The van der Waals surface area contributed by atoms with E-state index < -0.39 is 0 Å². The summed E-state index contributed by atoms with van der Waals surface area (Å²) in [6.45, 7) is 1.57. The van der Waals surface area contributed by atoms with Crippen LogP contribution in [-0.4, -0.2) is 24.9 Å². The molecule has 3 rings (SSSR count). The Morgan fingerprint density at radius 1 is 1.18 bits per heavy atom. The summed E-state index contributed by atoms with van der Waals surface area (Å²) in [5, 5.41) is 3.14. The first-order valence-electron chi connectivity index (χ1n) is 8.60. The fraction of sp³-hybridized carbons (Fsp3) is 0.632. The number of amides is 1. The van der Waals surface area contributed by atoms with Crippen LogP contribution < -0.4 is 5.32 Å². The Labute approximate surface area is 134 Å². The van der Waals surface area contributed by atoms with Gasteiger partial charge in [-0.1, -0.05) is 30.7 Å². The molecule has 0 spiro atoms. The fourth-order valence-corrected chi connectivity index (χ4v) is 4.36. The zero-order valence-electron chi connectivity index (χ0n) is 13.8. The van der Waals surface area contributed by atoms with Gasteiger partial charge in [0.2, 0.25) is 5.91 Å². The molecule has 1 amide bonds. The number of benzene rings is 1. The van der Waals surface area contributed by atoms with Gasteiger partial charge < -0.3 is 10.2 Å². The van der Waals surface area contributed by atoms with Crippen molar-refractivity contribution < 1.29 is 4.79 Å². The van der Waals surface area contributed by atoms with E-state index >= 15 is 0 Å². The molecule has 0 saturated heterocycles.